The Morgan fingerprint density at radius 2 is 1.89 bits per heavy atom. The molecule has 4 N–H and O–H groups in total. The molecule has 0 aromatic rings. The molecule has 1 unspecified atom stereocenters. The topological polar surface area (TPSA) is 113 Å². The molecule has 0 rings (SSSR count). The zero-order chi connectivity index (χ0) is 15.0. The van der Waals surface area contributed by atoms with Crippen LogP contribution < -0.4 is 11.1 Å². The van der Waals surface area contributed by atoms with Gasteiger partial charge in [0.2, 0.25) is 5.91 Å². The Labute approximate surface area is 113 Å². The van der Waals surface area contributed by atoms with Gasteiger partial charge in [-0.2, -0.15) is 0 Å². The third-order valence-corrected chi connectivity index (χ3v) is 2.46. The van der Waals surface area contributed by atoms with Crippen LogP contribution in [-0.4, -0.2) is 47.0 Å². The van der Waals surface area contributed by atoms with Gasteiger partial charge < -0.3 is 21.1 Å². The number of hydrogen-bond acceptors (Lipinski definition) is 3. The summed E-state index contributed by atoms with van der Waals surface area (Å²) in [5.74, 6) is -1.39. The maximum Gasteiger partial charge on any atom is 0.318 e. The summed E-state index contributed by atoms with van der Waals surface area (Å²) in [6.45, 7) is 5.83. The molecule has 0 bridgehead atoms. The van der Waals surface area contributed by atoms with Gasteiger partial charge in [-0.15, -0.1) is 0 Å². The number of carbonyl (C=O) groups excluding carboxylic acids is 2. The summed E-state index contributed by atoms with van der Waals surface area (Å²) in [4.78, 5) is 34.9. The SMILES string of the molecule is CCC(CC(=O)O)NC(=O)N(CC(N)=O)CC(C)C. The number of carboxylic acid groups (broad SMARTS) is 1. The van der Waals surface area contributed by atoms with Gasteiger partial charge in [0.25, 0.3) is 0 Å². The Balaban J connectivity index is 4.59. The first-order valence-corrected chi connectivity index (χ1v) is 6.31. The van der Waals surface area contributed by atoms with Gasteiger partial charge in [0.1, 0.15) is 6.54 Å². The molecule has 0 heterocycles. The van der Waals surface area contributed by atoms with E-state index >= 15 is 0 Å². The van der Waals surface area contributed by atoms with Crippen LogP contribution in [-0.2, 0) is 9.59 Å². The second kappa shape index (κ2) is 8.34. The van der Waals surface area contributed by atoms with Crippen LogP contribution in [0.5, 0.6) is 0 Å². The van der Waals surface area contributed by atoms with E-state index in [-0.39, 0.29) is 18.9 Å². The molecule has 7 heteroatoms. The molecule has 0 fully saturated rings. The van der Waals surface area contributed by atoms with Crippen LogP contribution in [0.1, 0.15) is 33.6 Å². The summed E-state index contributed by atoms with van der Waals surface area (Å²) in [6, 6.07) is -0.909. The molecule has 1 atom stereocenters. The van der Waals surface area contributed by atoms with Crippen molar-refractivity contribution in [2.45, 2.75) is 39.7 Å². The maximum absolute atomic E-state index is 12.0. The molecule has 19 heavy (non-hydrogen) atoms. The summed E-state index contributed by atoms with van der Waals surface area (Å²) in [7, 11) is 0. The first-order chi connectivity index (χ1) is 8.76. The maximum atomic E-state index is 12.0. The second-order valence-corrected chi connectivity index (χ2v) is 4.89. The number of nitrogens with zero attached hydrogens (tertiary/aromatic N) is 1. The van der Waals surface area contributed by atoms with Crippen molar-refractivity contribution in [2.24, 2.45) is 11.7 Å². The van der Waals surface area contributed by atoms with E-state index in [0.717, 1.165) is 0 Å². The molecule has 0 aromatic carbocycles. The van der Waals surface area contributed by atoms with Gasteiger partial charge in [-0.05, 0) is 12.3 Å². The van der Waals surface area contributed by atoms with Gasteiger partial charge in [-0.25, -0.2) is 4.79 Å². The van der Waals surface area contributed by atoms with Crippen molar-refractivity contribution < 1.29 is 19.5 Å². The highest BCUT2D eigenvalue weighted by molar-refractivity contribution is 5.83. The molecule has 0 saturated carbocycles. The number of carbonyl (C=O) groups is 3. The van der Waals surface area contributed by atoms with E-state index in [2.05, 4.69) is 5.32 Å². The van der Waals surface area contributed by atoms with Gasteiger partial charge in [0.15, 0.2) is 0 Å². The third-order valence-electron chi connectivity index (χ3n) is 2.46. The first kappa shape index (κ1) is 17.2. The molecular formula is C12H23N3O4. The van der Waals surface area contributed by atoms with Gasteiger partial charge in [0, 0.05) is 12.6 Å². The minimum atomic E-state index is -0.975. The first-order valence-electron chi connectivity index (χ1n) is 6.31. The molecule has 110 valence electrons. The lowest BCUT2D eigenvalue weighted by atomic mass is 10.1. The second-order valence-electron chi connectivity index (χ2n) is 4.89. The number of urea groups is 1. The molecule has 0 saturated heterocycles. The molecule has 0 spiro atoms. The highest BCUT2D eigenvalue weighted by Gasteiger charge is 2.20. The van der Waals surface area contributed by atoms with Gasteiger partial charge in [0.05, 0.1) is 6.42 Å². The van der Waals surface area contributed by atoms with E-state index in [9.17, 15) is 14.4 Å². The smallest absolute Gasteiger partial charge is 0.318 e. The van der Waals surface area contributed by atoms with E-state index in [1.807, 2.05) is 13.8 Å². The predicted octanol–water partition coefficient (Wildman–Crippen LogP) is 0.393. The molecular weight excluding hydrogens is 250 g/mol. The Morgan fingerprint density at radius 1 is 1.32 bits per heavy atom. The number of nitrogens with one attached hydrogen (secondary N) is 1. The quantitative estimate of drug-likeness (QED) is 0.593. The number of rotatable bonds is 8. The fourth-order valence-electron chi connectivity index (χ4n) is 1.62. The van der Waals surface area contributed by atoms with Crippen LogP contribution in [0.2, 0.25) is 0 Å². The summed E-state index contributed by atoms with van der Waals surface area (Å²) in [5, 5.41) is 11.3. The van der Waals surface area contributed by atoms with Gasteiger partial charge >= 0.3 is 12.0 Å². The van der Waals surface area contributed by atoms with E-state index in [1.54, 1.807) is 6.92 Å². The largest absolute Gasteiger partial charge is 0.481 e. The zero-order valence-electron chi connectivity index (χ0n) is 11.7. The molecule has 7 nitrogen and oxygen atoms in total. The van der Waals surface area contributed by atoms with Crippen molar-refractivity contribution in [3.63, 3.8) is 0 Å². The van der Waals surface area contributed by atoms with Crippen LogP contribution in [0.25, 0.3) is 0 Å². The number of aliphatic carboxylic acids is 1. The Kier molecular flexibility index (Phi) is 7.55. The lowest BCUT2D eigenvalue weighted by molar-refractivity contribution is -0.137. The van der Waals surface area contributed by atoms with Crippen molar-refractivity contribution in [3.05, 3.63) is 0 Å². The summed E-state index contributed by atoms with van der Waals surface area (Å²) in [6.07, 6.45) is 0.360. The normalized spacial score (nSPS) is 12.0. The molecule has 0 aromatic heterocycles. The molecule has 0 aliphatic rings. The molecule has 3 amide bonds. The standard InChI is InChI=1S/C12H23N3O4/c1-4-9(5-11(17)18)14-12(19)15(6-8(2)3)7-10(13)16/h8-9H,4-7H2,1-3H3,(H2,13,16)(H,14,19)(H,17,18). The fraction of sp³-hybridized carbons (Fsp3) is 0.750. The molecule has 0 radical (unpaired) electrons. The van der Waals surface area contributed by atoms with Crippen molar-refractivity contribution >= 4 is 17.9 Å². The Hall–Kier alpha value is -1.79. The average Bonchev–Trinajstić information content (AvgIpc) is 2.25. The zero-order valence-corrected chi connectivity index (χ0v) is 11.7. The minimum absolute atomic E-state index is 0.145. The highest BCUT2D eigenvalue weighted by Crippen LogP contribution is 2.03. The van der Waals surface area contributed by atoms with E-state index in [0.29, 0.717) is 13.0 Å². The monoisotopic (exact) mass is 273 g/mol. The number of primary amides is 1. The number of amides is 3. The van der Waals surface area contributed by atoms with E-state index in [4.69, 9.17) is 10.8 Å². The summed E-state index contributed by atoms with van der Waals surface area (Å²) < 4.78 is 0. The van der Waals surface area contributed by atoms with Crippen LogP contribution in [0.4, 0.5) is 4.79 Å². The molecule has 0 aliphatic heterocycles. The van der Waals surface area contributed by atoms with Crippen molar-refractivity contribution in [1.82, 2.24) is 10.2 Å². The van der Waals surface area contributed by atoms with Crippen molar-refractivity contribution in [2.75, 3.05) is 13.1 Å². The van der Waals surface area contributed by atoms with Crippen molar-refractivity contribution in [3.8, 4) is 0 Å². The Bertz CT molecular complexity index is 331. The summed E-state index contributed by atoms with van der Waals surface area (Å²) in [5.41, 5.74) is 5.10. The van der Waals surface area contributed by atoms with E-state index < -0.39 is 23.9 Å². The lowest BCUT2D eigenvalue weighted by Gasteiger charge is -2.26. The van der Waals surface area contributed by atoms with Crippen LogP contribution in [0.3, 0.4) is 0 Å². The number of carboxylic acids is 1. The third kappa shape index (κ3) is 8.01. The highest BCUT2D eigenvalue weighted by atomic mass is 16.4. The Morgan fingerprint density at radius 3 is 2.26 bits per heavy atom. The average molecular weight is 273 g/mol. The molecule has 0 aliphatic carbocycles. The predicted molar refractivity (Wildman–Crippen MR) is 70.5 cm³/mol. The number of hydrogen-bond donors (Lipinski definition) is 3. The van der Waals surface area contributed by atoms with Crippen LogP contribution in [0, 0.1) is 5.92 Å². The summed E-state index contributed by atoms with van der Waals surface area (Å²) >= 11 is 0. The van der Waals surface area contributed by atoms with Crippen LogP contribution >= 0.6 is 0 Å². The number of nitrogens with two attached hydrogens (primary N) is 1. The lowest BCUT2D eigenvalue weighted by Crippen LogP contribution is -2.49. The van der Waals surface area contributed by atoms with Gasteiger partial charge in [-0.3, -0.25) is 9.59 Å². The minimum Gasteiger partial charge on any atom is -0.481 e. The van der Waals surface area contributed by atoms with E-state index in [1.165, 1.54) is 4.90 Å². The van der Waals surface area contributed by atoms with Crippen LogP contribution in [0.15, 0.2) is 0 Å². The van der Waals surface area contributed by atoms with Gasteiger partial charge in [-0.1, -0.05) is 20.8 Å². The fourth-order valence-corrected chi connectivity index (χ4v) is 1.62. The van der Waals surface area contributed by atoms with Crippen molar-refractivity contribution in [1.29, 1.82) is 0 Å².